The van der Waals surface area contributed by atoms with E-state index in [4.69, 9.17) is 6.42 Å². The Morgan fingerprint density at radius 1 is 0.395 bits per heavy atom. The monoisotopic (exact) mass is 516 g/mol. The maximum Gasteiger partial charge on any atom is 0.0121 e. The highest BCUT2D eigenvalue weighted by molar-refractivity contribution is 5.09. The number of allylic oxidation sites excluding steroid dienone is 14. The van der Waals surface area contributed by atoms with Crippen LogP contribution in [0.4, 0.5) is 0 Å². The third kappa shape index (κ3) is 24.1. The topological polar surface area (TPSA) is 0 Å². The lowest BCUT2D eigenvalue weighted by Gasteiger charge is -2.04. The van der Waals surface area contributed by atoms with Crippen molar-refractivity contribution in [2.75, 3.05) is 0 Å². The van der Waals surface area contributed by atoms with Crippen molar-refractivity contribution in [3.8, 4) is 12.3 Å². The van der Waals surface area contributed by atoms with Gasteiger partial charge in [-0.15, -0.1) is 12.3 Å². The molecule has 0 aliphatic carbocycles. The standard InChI is InChI=1S/C38H60/c1-10-11-12-20-33(4)22-14-24-35(6)26-16-28-37(8)30-18-31-38(9)29-17-27-36(7)25-15-23-34(5)21-13-19-32(2)3/h1,19-20,23-24,27-28,31H,11-18,21-22,25-26,29-30H2,2-9H3/b33-20+,34-23+,35-24+,36-27+,37-28+,38-31+. The van der Waals surface area contributed by atoms with Gasteiger partial charge in [-0.2, -0.15) is 0 Å². The highest BCUT2D eigenvalue weighted by Crippen LogP contribution is 2.16. The fourth-order valence-corrected chi connectivity index (χ4v) is 4.33. The predicted molar refractivity (Wildman–Crippen MR) is 175 cm³/mol. The molecule has 0 aromatic carbocycles. The maximum atomic E-state index is 5.32. The molecule has 0 amide bonds. The van der Waals surface area contributed by atoms with Crippen LogP contribution in [0.25, 0.3) is 0 Å². The van der Waals surface area contributed by atoms with Crippen LogP contribution >= 0.6 is 0 Å². The van der Waals surface area contributed by atoms with Crippen LogP contribution in [0.5, 0.6) is 0 Å². The summed E-state index contributed by atoms with van der Waals surface area (Å²) < 4.78 is 0. The highest BCUT2D eigenvalue weighted by atomic mass is 14.0. The number of unbranched alkanes of at least 4 members (excludes halogenated alkanes) is 1. The van der Waals surface area contributed by atoms with Gasteiger partial charge in [0, 0.05) is 6.42 Å². The summed E-state index contributed by atoms with van der Waals surface area (Å²) in [4.78, 5) is 0. The minimum absolute atomic E-state index is 0.847. The lowest BCUT2D eigenvalue weighted by molar-refractivity contribution is 0.883. The zero-order valence-electron chi connectivity index (χ0n) is 26.5. The number of hydrogen-bond donors (Lipinski definition) is 0. The van der Waals surface area contributed by atoms with Gasteiger partial charge in [-0.1, -0.05) is 81.5 Å². The van der Waals surface area contributed by atoms with Gasteiger partial charge in [0.1, 0.15) is 0 Å². The average Bonchev–Trinajstić information content (AvgIpc) is 2.84. The molecule has 212 valence electrons. The summed E-state index contributed by atoms with van der Waals surface area (Å²) in [6.07, 6.45) is 38.0. The molecule has 0 saturated carbocycles. The summed E-state index contributed by atoms with van der Waals surface area (Å²) in [5, 5.41) is 0. The van der Waals surface area contributed by atoms with Gasteiger partial charge in [0.15, 0.2) is 0 Å². The molecular formula is C38H60. The Kier molecular flexibility index (Phi) is 22.4. The fraction of sp³-hybridized carbons (Fsp3) is 0.579. The summed E-state index contributed by atoms with van der Waals surface area (Å²) >= 11 is 0. The molecule has 0 saturated heterocycles. The molecule has 0 unspecified atom stereocenters. The van der Waals surface area contributed by atoms with E-state index in [0.29, 0.717) is 0 Å². The quantitative estimate of drug-likeness (QED) is 0.0857. The molecule has 38 heavy (non-hydrogen) atoms. The number of rotatable bonds is 20. The fourth-order valence-electron chi connectivity index (χ4n) is 4.33. The molecule has 0 nitrogen and oxygen atoms in total. The molecular weight excluding hydrogens is 456 g/mol. The lowest BCUT2D eigenvalue weighted by atomic mass is 10.0. The first-order chi connectivity index (χ1) is 18.1. The van der Waals surface area contributed by atoms with E-state index in [-0.39, 0.29) is 0 Å². The van der Waals surface area contributed by atoms with Crippen molar-refractivity contribution in [2.24, 2.45) is 0 Å². The second-order valence-electron chi connectivity index (χ2n) is 11.6. The summed E-state index contributed by atoms with van der Waals surface area (Å²) in [7, 11) is 0. The van der Waals surface area contributed by atoms with Crippen LogP contribution in [0.2, 0.25) is 0 Å². The summed E-state index contributed by atoms with van der Waals surface area (Å²) in [6, 6.07) is 0. The van der Waals surface area contributed by atoms with Crippen molar-refractivity contribution >= 4 is 0 Å². The Balaban J connectivity index is 4.15. The molecule has 0 bridgehead atoms. The van der Waals surface area contributed by atoms with E-state index >= 15 is 0 Å². The van der Waals surface area contributed by atoms with Crippen molar-refractivity contribution in [3.63, 3.8) is 0 Å². The third-order valence-electron chi connectivity index (χ3n) is 7.03. The molecule has 0 radical (unpaired) electrons. The molecule has 0 heterocycles. The zero-order chi connectivity index (χ0) is 28.6. The Morgan fingerprint density at radius 2 is 0.632 bits per heavy atom. The van der Waals surface area contributed by atoms with Crippen LogP contribution in [0, 0.1) is 12.3 Å². The van der Waals surface area contributed by atoms with Gasteiger partial charge >= 0.3 is 0 Å². The Labute approximate surface area is 238 Å². The first kappa shape index (κ1) is 35.7. The third-order valence-corrected chi connectivity index (χ3v) is 7.03. The van der Waals surface area contributed by atoms with Crippen LogP contribution in [0.1, 0.15) is 145 Å². The first-order valence-corrected chi connectivity index (χ1v) is 15.1. The lowest BCUT2D eigenvalue weighted by Crippen LogP contribution is -1.83. The Hall–Kier alpha value is -2.26. The summed E-state index contributed by atoms with van der Waals surface area (Å²) in [5.41, 5.74) is 10.5. The average molecular weight is 517 g/mol. The molecule has 0 aromatic rings. The molecule has 0 atom stereocenters. The van der Waals surface area contributed by atoms with Crippen LogP contribution in [-0.4, -0.2) is 0 Å². The molecule has 0 spiro atoms. The first-order valence-electron chi connectivity index (χ1n) is 15.1. The van der Waals surface area contributed by atoms with Gasteiger partial charge in [0.05, 0.1) is 0 Å². The minimum Gasteiger partial charge on any atom is -0.120 e. The van der Waals surface area contributed by atoms with Crippen LogP contribution in [0.3, 0.4) is 0 Å². The van der Waals surface area contributed by atoms with E-state index in [9.17, 15) is 0 Å². The van der Waals surface area contributed by atoms with Gasteiger partial charge in [-0.05, 0) is 139 Å². The van der Waals surface area contributed by atoms with E-state index in [1.54, 1.807) is 0 Å². The molecule has 0 aliphatic rings. The second-order valence-corrected chi connectivity index (χ2v) is 11.6. The van der Waals surface area contributed by atoms with Gasteiger partial charge in [0.25, 0.3) is 0 Å². The smallest absolute Gasteiger partial charge is 0.0121 e. The molecule has 0 heteroatoms. The van der Waals surface area contributed by atoms with E-state index in [2.05, 4.69) is 104 Å². The molecule has 0 aromatic heterocycles. The van der Waals surface area contributed by atoms with E-state index < -0.39 is 0 Å². The van der Waals surface area contributed by atoms with Crippen molar-refractivity contribution in [1.82, 2.24) is 0 Å². The SMILES string of the molecule is C#CCC/C=C(\C)CC/C=C(\C)CC/C=C(\C)CC/C=C(\C)CC/C=C(\C)CC/C=C(\C)CCC=C(C)C. The zero-order valence-corrected chi connectivity index (χ0v) is 26.5. The highest BCUT2D eigenvalue weighted by Gasteiger charge is 1.96. The Bertz CT molecular complexity index is 894. The van der Waals surface area contributed by atoms with Crippen molar-refractivity contribution in [1.29, 1.82) is 0 Å². The number of terminal acetylenes is 1. The van der Waals surface area contributed by atoms with Crippen LogP contribution in [-0.2, 0) is 0 Å². The van der Waals surface area contributed by atoms with E-state index in [1.807, 2.05) is 0 Å². The predicted octanol–water partition coefficient (Wildman–Crippen LogP) is 12.7. The van der Waals surface area contributed by atoms with E-state index in [1.165, 1.54) is 84.0 Å². The van der Waals surface area contributed by atoms with Gasteiger partial charge in [-0.25, -0.2) is 0 Å². The molecule has 0 aliphatic heterocycles. The molecule has 0 fully saturated rings. The molecule has 0 rings (SSSR count). The maximum absolute atomic E-state index is 5.32. The van der Waals surface area contributed by atoms with E-state index in [0.717, 1.165) is 44.9 Å². The largest absolute Gasteiger partial charge is 0.120 e. The summed E-state index contributed by atoms with van der Waals surface area (Å²) in [5.74, 6) is 2.70. The van der Waals surface area contributed by atoms with Gasteiger partial charge < -0.3 is 0 Å². The number of hydrogen-bond acceptors (Lipinski definition) is 0. The van der Waals surface area contributed by atoms with Crippen LogP contribution < -0.4 is 0 Å². The normalized spacial score (nSPS) is 14.1. The minimum atomic E-state index is 0.847. The van der Waals surface area contributed by atoms with Crippen molar-refractivity contribution < 1.29 is 0 Å². The summed E-state index contributed by atoms with van der Waals surface area (Å²) in [6.45, 7) is 18.0. The Morgan fingerprint density at radius 3 is 0.868 bits per heavy atom. The van der Waals surface area contributed by atoms with Gasteiger partial charge in [0.2, 0.25) is 0 Å². The van der Waals surface area contributed by atoms with Crippen molar-refractivity contribution in [3.05, 3.63) is 81.5 Å². The van der Waals surface area contributed by atoms with Crippen molar-refractivity contribution in [2.45, 2.75) is 145 Å². The second kappa shape index (κ2) is 23.8. The van der Waals surface area contributed by atoms with Gasteiger partial charge in [-0.3, -0.25) is 0 Å². The van der Waals surface area contributed by atoms with Crippen LogP contribution in [0.15, 0.2) is 81.5 Å². The molecule has 0 N–H and O–H groups in total.